The van der Waals surface area contributed by atoms with Crippen LogP contribution >= 0.6 is 0 Å². The summed E-state index contributed by atoms with van der Waals surface area (Å²) in [6.45, 7) is 0. The smallest absolute Gasteiger partial charge is 0.0470 e. The molecular weight excluding hydrogens is 114 g/mol. The van der Waals surface area contributed by atoms with Crippen LogP contribution in [0.2, 0.25) is 0 Å². The van der Waals surface area contributed by atoms with E-state index in [1.54, 1.807) is 6.21 Å². The molecule has 50 valence electrons. The van der Waals surface area contributed by atoms with E-state index in [0.717, 1.165) is 19.3 Å². The third-order valence-corrected chi connectivity index (χ3v) is 1.59. The Morgan fingerprint density at radius 1 is 1.56 bits per heavy atom. The molecule has 0 aliphatic heterocycles. The Morgan fingerprint density at radius 2 is 2.44 bits per heavy atom. The summed E-state index contributed by atoms with van der Waals surface area (Å²) in [5.41, 5.74) is 0. The van der Waals surface area contributed by atoms with Gasteiger partial charge in [-0.2, -0.15) is 0 Å². The van der Waals surface area contributed by atoms with Crippen molar-refractivity contribution in [2.75, 3.05) is 0 Å². The van der Waals surface area contributed by atoms with Crippen LogP contribution in [0, 0.1) is 5.92 Å². The van der Waals surface area contributed by atoms with Gasteiger partial charge in [-0.3, -0.25) is 0 Å². The number of nitrogens with zero attached hydrogens (tertiary/aromatic N) is 1. The number of hydrogen-bond acceptors (Lipinski definition) is 2. The van der Waals surface area contributed by atoms with Crippen LogP contribution in [0.5, 0.6) is 0 Å². The first-order valence-electron chi connectivity index (χ1n) is 3.26. The molecule has 0 saturated carbocycles. The molecule has 2 nitrogen and oxygen atoms in total. The minimum Gasteiger partial charge on any atom is -0.411 e. The van der Waals surface area contributed by atoms with Crippen LogP contribution in [-0.4, -0.2) is 11.4 Å². The molecular formula is C7H11NO. The maximum atomic E-state index is 8.16. The zero-order valence-electron chi connectivity index (χ0n) is 5.33. The summed E-state index contributed by atoms with van der Waals surface area (Å²) in [5, 5.41) is 11.2. The fourth-order valence-electron chi connectivity index (χ4n) is 1.05. The largest absolute Gasteiger partial charge is 0.411 e. The highest BCUT2D eigenvalue weighted by Crippen LogP contribution is 2.15. The minimum absolute atomic E-state index is 0.472. The monoisotopic (exact) mass is 125 g/mol. The van der Waals surface area contributed by atoms with Gasteiger partial charge in [0.25, 0.3) is 0 Å². The van der Waals surface area contributed by atoms with Gasteiger partial charge in [0.1, 0.15) is 0 Å². The zero-order chi connectivity index (χ0) is 6.53. The van der Waals surface area contributed by atoms with E-state index in [-0.39, 0.29) is 0 Å². The molecule has 1 N–H and O–H groups in total. The topological polar surface area (TPSA) is 32.6 Å². The molecule has 1 aliphatic rings. The minimum atomic E-state index is 0.472. The van der Waals surface area contributed by atoms with Crippen molar-refractivity contribution in [2.45, 2.75) is 19.3 Å². The number of rotatable bonds is 1. The molecule has 0 aromatic heterocycles. The average Bonchev–Trinajstić information content (AvgIpc) is 1.91. The molecule has 1 unspecified atom stereocenters. The average molecular weight is 125 g/mol. The molecule has 2 heteroatoms. The lowest BCUT2D eigenvalue weighted by Crippen LogP contribution is -2.02. The number of allylic oxidation sites excluding steroid dienone is 2. The van der Waals surface area contributed by atoms with E-state index in [4.69, 9.17) is 5.21 Å². The van der Waals surface area contributed by atoms with E-state index < -0.39 is 0 Å². The second-order valence-corrected chi connectivity index (χ2v) is 2.31. The summed E-state index contributed by atoms with van der Waals surface area (Å²) in [4.78, 5) is 0. The van der Waals surface area contributed by atoms with Gasteiger partial charge in [0.05, 0.1) is 0 Å². The van der Waals surface area contributed by atoms with Crippen molar-refractivity contribution in [3.05, 3.63) is 12.2 Å². The van der Waals surface area contributed by atoms with Crippen molar-refractivity contribution in [3.8, 4) is 0 Å². The highest BCUT2D eigenvalue weighted by molar-refractivity contribution is 5.60. The normalized spacial score (nSPS) is 27.3. The van der Waals surface area contributed by atoms with Crippen LogP contribution in [0.25, 0.3) is 0 Å². The molecule has 9 heavy (non-hydrogen) atoms. The van der Waals surface area contributed by atoms with E-state index in [9.17, 15) is 0 Å². The predicted octanol–water partition coefficient (Wildman–Crippen LogP) is 1.80. The first-order valence-corrected chi connectivity index (χ1v) is 3.26. The molecule has 0 aromatic rings. The zero-order valence-corrected chi connectivity index (χ0v) is 5.33. The second-order valence-electron chi connectivity index (χ2n) is 2.31. The van der Waals surface area contributed by atoms with Gasteiger partial charge >= 0.3 is 0 Å². The van der Waals surface area contributed by atoms with E-state index in [1.807, 2.05) is 0 Å². The third kappa shape index (κ3) is 1.88. The van der Waals surface area contributed by atoms with Crippen molar-refractivity contribution in [3.63, 3.8) is 0 Å². The standard InChI is InChI=1S/C7H11NO/c9-8-6-7-4-2-1-3-5-7/h1-2,6-7,9H,3-5H2. The summed E-state index contributed by atoms with van der Waals surface area (Å²) in [7, 11) is 0. The first kappa shape index (κ1) is 6.33. The summed E-state index contributed by atoms with van der Waals surface area (Å²) in [6, 6.07) is 0. The SMILES string of the molecule is ON=CC1CC=CCC1. The Kier molecular flexibility index (Phi) is 2.31. The predicted molar refractivity (Wildman–Crippen MR) is 36.8 cm³/mol. The third-order valence-electron chi connectivity index (χ3n) is 1.59. The van der Waals surface area contributed by atoms with Crippen molar-refractivity contribution in [1.82, 2.24) is 0 Å². The highest BCUT2D eigenvalue weighted by Gasteiger charge is 2.05. The first-order chi connectivity index (χ1) is 4.43. The van der Waals surface area contributed by atoms with Crippen molar-refractivity contribution < 1.29 is 5.21 Å². The van der Waals surface area contributed by atoms with Gasteiger partial charge in [-0.05, 0) is 19.3 Å². The molecule has 0 saturated heterocycles. The Labute approximate surface area is 54.9 Å². The quantitative estimate of drug-likeness (QED) is 0.246. The maximum Gasteiger partial charge on any atom is 0.0470 e. The summed E-state index contributed by atoms with van der Waals surface area (Å²) < 4.78 is 0. The van der Waals surface area contributed by atoms with Crippen LogP contribution < -0.4 is 0 Å². The molecule has 0 fully saturated rings. The lowest BCUT2D eigenvalue weighted by atomic mass is 9.96. The van der Waals surface area contributed by atoms with E-state index in [0.29, 0.717) is 5.92 Å². The lowest BCUT2D eigenvalue weighted by molar-refractivity contribution is 0.317. The Morgan fingerprint density at radius 3 is 3.00 bits per heavy atom. The molecule has 0 spiro atoms. The van der Waals surface area contributed by atoms with Gasteiger partial charge in [-0.1, -0.05) is 12.2 Å². The van der Waals surface area contributed by atoms with Gasteiger partial charge in [-0.25, -0.2) is 0 Å². The van der Waals surface area contributed by atoms with Crippen molar-refractivity contribution in [1.29, 1.82) is 0 Å². The second kappa shape index (κ2) is 3.28. The number of oxime groups is 1. The molecule has 0 heterocycles. The maximum absolute atomic E-state index is 8.16. The number of hydrogen-bond donors (Lipinski definition) is 1. The molecule has 0 radical (unpaired) electrons. The van der Waals surface area contributed by atoms with Crippen LogP contribution in [0.15, 0.2) is 17.3 Å². The van der Waals surface area contributed by atoms with Gasteiger partial charge in [0, 0.05) is 12.1 Å². The van der Waals surface area contributed by atoms with Gasteiger partial charge in [-0.15, -0.1) is 5.16 Å². The van der Waals surface area contributed by atoms with Crippen LogP contribution in [0.3, 0.4) is 0 Å². The van der Waals surface area contributed by atoms with Crippen molar-refractivity contribution in [2.24, 2.45) is 11.1 Å². The Hall–Kier alpha value is -0.790. The van der Waals surface area contributed by atoms with Crippen LogP contribution in [0.1, 0.15) is 19.3 Å². The molecule has 1 aliphatic carbocycles. The van der Waals surface area contributed by atoms with E-state index in [2.05, 4.69) is 17.3 Å². The van der Waals surface area contributed by atoms with Crippen LogP contribution in [-0.2, 0) is 0 Å². The van der Waals surface area contributed by atoms with Crippen molar-refractivity contribution >= 4 is 6.21 Å². The molecule has 0 bridgehead atoms. The Bertz CT molecular complexity index is 129. The van der Waals surface area contributed by atoms with E-state index in [1.165, 1.54) is 0 Å². The highest BCUT2D eigenvalue weighted by atomic mass is 16.4. The fourth-order valence-corrected chi connectivity index (χ4v) is 1.05. The molecule has 0 aromatic carbocycles. The van der Waals surface area contributed by atoms with Gasteiger partial charge in [0.2, 0.25) is 0 Å². The summed E-state index contributed by atoms with van der Waals surface area (Å²) in [5.74, 6) is 0.472. The Balaban J connectivity index is 2.35. The van der Waals surface area contributed by atoms with E-state index >= 15 is 0 Å². The van der Waals surface area contributed by atoms with Gasteiger partial charge < -0.3 is 5.21 Å². The molecule has 0 amide bonds. The summed E-state index contributed by atoms with van der Waals surface area (Å²) in [6.07, 6.45) is 9.20. The molecule has 1 atom stereocenters. The van der Waals surface area contributed by atoms with Gasteiger partial charge in [0.15, 0.2) is 0 Å². The van der Waals surface area contributed by atoms with Crippen LogP contribution in [0.4, 0.5) is 0 Å². The summed E-state index contributed by atoms with van der Waals surface area (Å²) >= 11 is 0. The molecule has 1 rings (SSSR count). The lowest BCUT2D eigenvalue weighted by Gasteiger charge is -2.10. The fraction of sp³-hybridized carbons (Fsp3) is 0.571.